The van der Waals surface area contributed by atoms with Crippen LogP contribution in [0.4, 0.5) is 0 Å². The number of nitrogens with zero attached hydrogens (tertiary/aromatic N) is 3. The van der Waals surface area contributed by atoms with Crippen LogP contribution in [-0.4, -0.2) is 62.6 Å². The monoisotopic (exact) mass is 435 g/mol. The Labute approximate surface area is 193 Å². The number of para-hydroxylation sites is 1. The van der Waals surface area contributed by atoms with Crippen molar-refractivity contribution in [3.8, 4) is 5.75 Å². The van der Waals surface area contributed by atoms with Crippen LogP contribution >= 0.6 is 0 Å². The minimum atomic E-state index is 0.495. The SMILES string of the molecule is C=CCOc1ccccc1CNC(=NC)NCc1ccc(CN2CCCN(C)CC2)cc1. The highest BCUT2D eigenvalue weighted by Gasteiger charge is 2.12. The number of nitrogens with one attached hydrogen (secondary N) is 2. The molecule has 0 unspecified atom stereocenters. The molecule has 6 nitrogen and oxygen atoms in total. The van der Waals surface area contributed by atoms with E-state index < -0.39 is 0 Å². The molecule has 3 rings (SSSR count). The lowest BCUT2D eigenvalue weighted by Gasteiger charge is -2.20. The zero-order valence-corrected chi connectivity index (χ0v) is 19.5. The van der Waals surface area contributed by atoms with E-state index >= 15 is 0 Å². The lowest BCUT2D eigenvalue weighted by molar-refractivity contribution is 0.269. The van der Waals surface area contributed by atoms with Gasteiger partial charge in [-0.05, 0) is 43.8 Å². The maximum absolute atomic E-state index is 5.74. The molecule has 1 aliphatic heterocycles. The molecule has 0 amide bonds. The molecule has 2 aromatic rings. The van der Waals surface area contributed by atoms with Crippen molar-refractivity contribution in [2.24, 2.45) is 4.99 Å². The molecule has 0 spiro atoms. The predicted octanol–water partition coefficient (Wildman–Crippen LogP) is 3.25. The van der Waals surface area contributed by atoms with Crippen molar-refractivity contribution in [2.75, 3.05) is 46.9 Å². The molecule has 2 N–H and O–H groups in total. The molecule has 6 heteroatoms. The Morgan fingerprint density at radius 3 is 2.53 bits per heavy atom. The third-order valence-electron chi connectivity index (χ3n) is 5.70. The van der Waals surface area contributed by atoms with Gasteiger partial charge in [0.05, 0.1) is 0 Å². The van der Waals surface area contributed by atoms with Gasteiger partial charge in [0, 0.05) is 45.3 Å². The molecule has 0 aliphatic carbocycles. The lowest BCUT2D eigenvalue weighted by atomic mass is 10.1. The summed E-state index contributed by atoms with van der Waals surface area (Å²) in [5.74, 6) is 1.63. The molecule has 1 fully saturated rings. The van der Waals surface area contributed by atoms with Crippen LogP contribution in [0, 0.1) is 0 Å². The molecule has 172 valence electrons. The van der Waals surface area contributed by atoms with Crippen LogP contribution in [0.1, 0.15) is 23.1 Å². The number of rotatable bonds is 9. The first-order valence-electron chi connectivity index (χ1n) is 11.4. The van der Waals surface area contributed by atoms with Gasteiger partial charge in [0.25, 0.3) is 0 Å². The molecule has 1 aliphatic rings. The van der Waals surface area contributed by atoms with E-state index in [1.54, 1.807) is 13.1 Å². The zero-order valence-electron chi connectivity index (χ0n) is 19.5. The highest BCUT2D eigenvalue weighted by molar-refractivity contribution is 5.79. The van der Waals surface area contributed by atoms with Crippen molar-refractivity contribution in [1.29, 1.82) is 0 Å². The van der Waals surface area contributed by atoms with Crippen LogP contribution in [-0.2, 0) is 19.6 Å². The van der Waals surface area contributed by atoms with Crippen LogP contribution in [0.25, 0.3) is 0 Å². The van der Waals surface area contributed by atoms with E-state index in [1.807, 2.05) is 18.2 Å². The fourth-order valence-electron chi connectivity index (χ4n) is 3.80. The summed E-state index contributed by atoms with van der Waals surface area (Å²) in [4.78, 5) is 9.32. The molecular formula is C26H37N5O. The molecule has 0 atom stereocenters. The second kappa shape index (κ2) is 12.9. The first-order valence-corrected chi connectivity index (χ1v) is 11.4. The Bertz CT molecular complexity index is 865. The van der Waals surface area contributed by atoms with E-state index in [9.17, 15) is 0 Å². The summed E-state index contributed by atoms with van der Waals surface area (Å²) < 4.78 is 5.74. The van der Waals surface area contributed by atoms with Crippen LogP contribution in [0.3, 0.4) is 0 Å². The first kappa shape index (κ1) is 23.8. The molecule has 0 radical (unpaired) electrons. The minimum Gasteiger partial charge on any atom is -0.489 e. The van der Waals surface area contributed by atoms with Crippen molar-refractivity contribution in [3.63, 3.8) is 0 Å². The summed E-state index contributed by atoms with van der Waals surface area (Å²) in [5, 5.41) is 6.77. The van der Waals surface area contributed by atoms with Gasteiger partial charge in [-0.3, -0.25) is 9.89 Å². The molecule has 0 aromatic heterocycles. The fraction of sp³-hybridized carbons (Fsp3) is 0.423. The number of hydrogen-bond donors (Lipinski definition) is 2. The molecule has 2 aromatic carbocycles. The van der Waals surface area contributed by atoms with Gasteiger partial charge in [0.1, 0.15) is 12.4 Å². The average Bonchev–Trinajstić information content (AvgIpc) is 3.03. The van der Waals surface area contributed by atoms with E-state index in [-0.39, 0.29) is 0 Å². The molecule has 32 heavy (non-hydrogen) atoms. The van der Waals surface area contributed by atoms with Gasteiger partial charge in [-0.15, -0.1) is 0 Å². The number of benzene rings is 2. The summed E-state index contributed by atoms with van der Waals surface area (Å²) in [7, 11) is 4.00. The van der Waals surface area contributed by atoms with Crippen molar-refractivity contribution < 1.29 is 4.74 Å². The molecule has 1 saturated heterocycles. The number of ether oxygens (including phenoxy) is 1. The summed E-state index contributed by atoms with van der Waals surface area (Å²) in [6.07, 6.45) is 3.00. The van der Waals surface area contributed by atoms with Crippen molar-refractivity contribution in [2.45, 2.75) is 26.1 Å². The van der Waals surface area contributed by atoms with E-state index in [2.05, 4.69) is 69.4 Å². The second-order valence-electron chi connectivity index (χ2n) is 8.24. The van der Waals surface area contributed by atoms with E-state index in [0.29, 0.717) is 13.2 Å². The van der Waals surface area contributed by atoms with Gasteiger partial charge in [-0.2, -0.15) is 0 Å². The number of guanidine groups is 1. The van der Waals surface area contributed by atoms with Gasteiger partial charge >= 0.3 is 0 Å². The lowest BCUT2D eigenvalue weighted by Crippen LogP contribution is -2.36. The molecule has 1 heterocycles. The third-order valence-corrected chi connectivity index (χ3v) is 5.70. The normalized spacial score (nSPS) is 15.8. The standard InChI is InChI=1S/C26H37N5O/c1-4-18-32-25-9-6-5-8-24(25)20-29-26(27-2)28-19-22-10-12-23(13-11-22)21-31-15-7-14-30(3)16-17-31/h4-6,8-13H,1,7,14-21H2,2-3H3,(H2,27,28,29). The summed E-state index contributed by atoms with van der Waals surface area (Å²) in [6.45, 7) is 11.3. The van der Waals surface area contributed by atoms with Crippen molar-refractivity contribution in [3.05, 3.63) is 77.9 Å². The second-order valence-corrected chi connectivity index (χ2v) is 8.24. The number of hydrogen-bond acceptors (Lipinski definition) is 4. The average molecular weight is 436 g/mol. The number of likely N-dealkylation sites (N-methyl/N-ethyl adjacent to an activating group) is 1. The maximum Gasteiger partial charge on any atom is 0.191 e. The summed E-state index contributed by atoms with van der Waals surface area (Å²) in [5.41, 5.74) is 3.69. The predicted molar refractivity (Wildman–Crippen MR) is 133 cm³/mol. The molecule has 0 saturated carbocycles. The van der Waals surface area contributed by atoms with Crippen LogP contribution in [0.2, 0.25) is 0 Å². The summed E-state index contributed by atoms with van der Waals surface area (Å²) >= 11 is 0. The Morgan fingerprint density at radius 2 is 1.75 bits per heavy atom. The van der Waals surface area contributed by atoms with Crippen molar-refractivity contribution >= 4 is 5.96 Å². The van der Waals surface area contributed by atoms with Gasteiger partial charge in [-0.25, -0.2) is 0 Å². The minimum absolute atomic E-state index is 0.495. The van der Waals surface area contributed by atoms with E-state index in [0.717, 1.165) is 43.5 Å². The van der Waals surface area contributed by atoms with E-state index in [4.69, 9.17) is 4.74 Å². The largest absolute Gasteiger partial charge is 0.489 e. The van der Waals surface area contributed by atoms with E-state index in [1.165, 1.54) is 30.6 Å². The quantitative estimate of drug-likeness (QED) is 0.360. The van der Waals surface area contributed by atoms with Gasteiger partial charge in [-0.1, -0.05) is 55.1 Å². The Kier molecular flexibility index (Phi) is 9.60. The number of aliphatic imine (C=N–C) groups is 1. The van der Waals surface area contributed by atoms with Crippen LogP contribution < -0.4 is 15.4 Å². The Hall–Kier alpha value is -2.83. The third kappa shape index (κ3) is 7.70. The Morgan fingerprint density at radius 1 is 1.00 bits per heavy atom. The smallest absolute Gasteiger partial charge is 0.191 e. The summed E-state index contributed by atoms with van der Waals surface area (Å²) in [6, 6.07) is 16.9. The van der Waals surface area contributed by atoms with Gasteiger partial charge in [0.2, 0.25) is 0 Å². The van der Waals surface area contributed by atoms with Crippen molar-refractivity contribution in [1.82, 2.24) is 20.4 Å². The van der Waals surface area contributed by atoms with Crippen LogP contribution in [0.5, 0.6) is 5.75 Å². The molecule has 0 bridgehead atoms. The first-order chi connectivity index (χ1) is 15.7. The van der Waals surface area contributed by atoms with Gasteiger partial charge < -0.3 is 20.3 Å². The van der Waals surface area contributed by atoms with Crippen LogP contribution in [0.15, 0.2) is 66.2 Å². The Balaban J connectivity index is 1.46. The van der Waals surface area contributed by atoms with Gasteiger partial charge in [0.15, 0.2) is 5.96 Å². The highest BCUT2D eigenvalue weighted by atomic mass is 16.5. The fourth-order valence-corrected chi connectivity index (χ4v) is 3.80. The maximum atomic E-state index is 5.74. The highest BCUT2D eigenvalue weighted by Crippen LogP contribution is 2.17. The zero-order chi connectivity index (χ0) is 22.6. The molecular weight excluding hydrogens is 398 g/mol. The topological polar surface area (TPSA) is 52.1 Å².